The lowest BCUT2D eigenvalue weighted by Crippen LogP contribution is -2.15. The van der Waals surface area contributed by atoms with Gasteiger partial charge in [-0.1, -0.05) is 141 Å². The van der Waals surface area contributed by atoms with Gasteiger partial charge in [-0.05, 0) is 80.9 Å². The van der Waals surface area contributed by atoms with Gasteiger partial charge in [0.2, 0.25) is 0 Å². The fourth-order valence-corrected chi connectivity index (χ4v) is 8.68. The average molecular weight is 691 g/mol. The molecular weight excluding hydrogens is 657 g/mol. The van der Waals surface area contributed by atoms with Crippen LogP contribution in [-0.4, -0.2) is 19.5 Å². The third kappa shape index (κ3) is 4.60. The normalized spacial score (nSPS) is 13.1. The Kier molecular flexibility index (Phi) is 6.56. The summed E-state index contributed by atoms with van der Waals surface area (Å²) in [6, 6.07) is 60.7. The van der Waals surface area contributed by atoms with Crippen molar-refractivity contribution >= 4 is 43.4 Å². The highest BCUT2D eigenvalue weighted by Gasteiger charge is 2.37. The third-order valence-electron chi connectivity index (χ3n) is 11.4. The van der Waals surface area contributed by atoms with E-state index in [1.54, 1.807) is 0 Å². The quantitative estimate of drug-likeness (QED) is 0.185. The van der Waals surface area contributed by atoms with Crippen LogP contribution in [0, 0.1) is 0 Å². The Hall–Kier alpha value is -6.91. The standard InChI is InChI=1S/C50H34N4/c1-50(2)42-27-34-20-10-9-19-33(34)26-39(42)40-29-41-38-23-13-14-24-44(38)54(46(41)30-43(40)50)45-28-36(25-35-21-11-12-22-37(35)45)49-52-47(31-15-5-3-6-16-31)51-48(53-49)32-17-7-4-8-18-32/h3-30H,1-2H3. The van der Waals surface area contributed by atoms with E-state index in [1.807, 2.05) is 36.4 Å². The monoisotopic (exact) mass is 690 g/mol. The molecule has 8 aromatic carbocycles. The smallest absolute Gasteiger partial charge is 0.164 e. The Labute approximate surface area is 313 Å². The first-order chi connectivity index (χ1) is 26.5. The molecule has 0 unspecified atom stereocenters. The van der Waals surface area contributed by atoms with Crippen LogP contribution >= 0.6 is 0 Å². The van der Waals surface area contributed by atoms with Crippen molar-refractivity contribution in [1.29, 1.82) is 0 Å². The Morgan fingerprint density at radius 3 is 1.59 bits per heavy atom. The topological polar surface area (TPSA) is 43.6 Å². The average Bonchev–Trinajstić information content (AvgIpc) is 3.66. The van der Waals surface area contributed by atoms with Gasteiger partial charge in [-0.3, -0.25) is 0 Å². The van der Waals surface area contributed by atoms with Crippen molar-refractivity contribution < 1.29 is 0 Å². The van der Waals surface area contributed by atoms with Crippen LogP contribution in [-0.2, 0) is 5.41 Å². The van der Waals surface area contributed by atoms with Crippen molar-refractivity contribution in [3.63, 3.8) is 0 Å². The predicted octanol–water partition coefficient (Wildman–Crippen LogP) is 12.6. The lowest BCUT2D eigenvalue weighted by Gasteiger charge is -2.22. The molecule has 0 atom stereocenters. The van der Waals surface area contributed by atoms with Crippen molar-refractivity contribution in [3.05, 3.63) is 181 Å². The highest BCUT2D eigenvalue weighted by atomic mass is 15.0. The number of hydrogen-bond donors (Lipinski definition) is 0. The number of benzene rings is 8. The van der Waals surface area contributed by atoms with Gasteiger partial charge < -0.3 is 4.57 Å². The van der Waals surface area contributed by atoms with Gasteiger partial charge in [-0.15, -0.1) is 0 Å². The first kappa shape index (κ1) is 30.7. The van der Waals surface area contributed by atoms with Crippen LogP contribution in [0.25, 0.3) is 94.3 Å². The summed E-state index contributed by atoms with van der Waals surface area (Å²) < 4.78 is 2.46. The fourth-order valence-electron chi connectivity index (χ4n) is 8.68. The van der Waals surface area contributed by atoms with Gasteiger partial charge in [-0.25, -0.2) is 15.0 Å². The van der Waals surface area contributed by atoms with Crippen molar-refractivity contribution in [2.75, 3.05) is 0 Å². The van der Waals surface area contributed by atoms with Crippen molar-refractivity contribution in [3.8, 4) is 51.0 Å². The van der Waals surface area contributed by atoms with E-state index >= 15 is 0 Å². The first-order valence-electron chi connectivity index (χ1n) is 18.5. The minimum Gasteiger partial charge on any atom is -0.309 e. The summed E-state index contributed by atoms with van der Waals surface area (Å²) in [5.41, 5.74) is 11.5. The predicted molar refractivity (Wildman–Crippen MR) is 223 cm³/mol. The molecule has 2 heterocycles. The first-order valence-corrected chi connectivity index (χ1v) is 18.5. The van der Waals surface area contributed by atoms with Crippen molar-refractivity contribution in [2.45, 2.75) is 19.3 Å². The summed E-state index contributed by atoms with van der Waals surface area (Å²) in [5, 5.41) is 7.32. The molecule has 0 amide bonds. The molecule has 0 saturated carbocycles. The molecule has 54 heavy (non-hydrogen) atoms. The zero-order valence-corrected chi connectivity index (χ0v) is 30.0. The summed E-state index contributed by atoms with van der Waals surface area (Å²) in [5.74, 6) is 1.94. The van der Waals surface area contributed by atoms with Crippen LogP contribution in [0.1, 0.15) is 25.0 Å². The Morgan fingerprint density at radius 2 is 0.907 bits per heavy atom. The zero-order chi connectivity index (χ0) is 36.0. The van der Waals surface area contributed by atoms with E-state index in [-0.39, 0.29) is 5.41 Å². The van der Waals surface area contributed by atoms with Gasteiger partial charge in [0, 0.05) is 38.3 Å². The number of rotatable bonds is 4. The van der Waals surface area contributed by atoms with Crippen molar-refractivity contribution in [2.24, 2.45) is 0 Å². The van der Waals surface area contributed by atoms with Crippen LogP contribution in [0.3, 0.4) is 0 Å². The molecule has 0 radical (unpaired) electrons. The number of aromatic nitrogens is 4. The number of nitrogens with zero attached hydrogens (tertiary/aromatic N) is 4. The lowest BCUT2D eigenvalue weighted by molar-refractivity contribution is 0.662. The minimum absolute atomic E-state index is 0.166. The van der Waals surface area contributed by atoms with Gasteiger partial charge in [-0.2, -0.15) is 0 Å². The molecule has 10 aromatic rings. The van der Waals surface area contributed by atoms with Gasteiger partial charge >= 0.3 is 0 Å². The summed E-state index contributed by atoms with van der Waals surface area (Å²) in [6.45, 7) is 4.74. The maximum atomic E-state index is 5.13. The Balaban J connectivity index is 1.19. The molecule has 0 bridgehead atoms. The molecule has 0 saturated heterocycles. The molecule has 0 N–H and O–H groups in total. The highest BCUT2D eigenvalue weighted by molar-refractivity contribution is 6.13. The van der Waals surface area contributed by atoms with E-state index < -0.39 is 0 Å². The van der Waals surface area contributed by atoms with Gasteiger partial charge in [0.1, 0.15) is 0 Å². The van der Waals surface area contributed by atoms with Crippen LogP contribution in [0.2, 0.25) is 0 Å². The summed E-state index contributed by atoms with van der Waals surface area (Å²) in [7, 11) is 0. The molecule has 2 aromatic heterocycles. The molecule has 0 fully saturated rings. The van der Waals surface area contributed by atoms with Gasteiger partial charge in [0.05, 0.1) is 16.7 Å². The maximum absolute atomic E-state index is 5.13. The van der Waals surface area contributed by atoms with Crippen LogP contribution in [0.5, 0.6) is 0 Å². The number of fused-ring (bicyclic) bond motifs is 8. The molecule has 11 rings (SSSR count). The minimum atomic E-state index is -0.166. The van der Waals surface area contributed by atoms with E-state index in [0.29, 0.717) is 17.5 Å². The second-order valence-corrected chi connectivity index (χ2v) is 14.9. The SMILES string of the molecule is CC1(C)c2cc3ccccc3cc2-c2cc3c4ccccc4n(-c4cc(-c5nc(-c6ccccc6)nc(-c6ccccc6)n5)cc5ccccc45)c3cc21. The molecule has 4 heteroatoms. The molecule has 0 aliphatic heterocycles. The van der Waals surface area contributed by atoms with Crippen molar-refractivity contribution in [1.82, 2.24) is 19.5 Å². The van der Waals surface area contributed by atoms with Gasteiger partial charge in [0.15, 0.2) is 17.5 Å². The van der Waals surface area contributed by atoms with Gasteiger partial charge in [0.25, 0.3) is 0 Å². The third-order valence-corrected chi connectivity index (χ3v) is 11.4. The molecule has 4 nitrogen and oxygen atoms in total. The van der Waals surface area contributed by atoms with E-state index in [9.17, 15) is 0 Å². The molecule has 1 aliphatic carbocycles. The summed E-state index contributed by atoms with van der Waals surface area (Å²) in [4.78, 5) is 15.2. The van der Waals surface area contributed by atoms with E-state index in [4.69, 9.17) is 15.0 Å². The molecule has 0 spiro atoms. The highest BCUT2D eigenvalue weighted by Crippen LogP contribution is 2.52. The zero-order valence-electron chi connectivity index (χ0n) is 30.0. The Bertz CT molecular complexity index is 3060. The van der Waals surface area contributed by atoms with E-state index in [1.165, 1.54) is 60.2 Å². The Morgan fingerprint density at radius 1 is 0.389 bits per heavy atom. The summed E-state index contributed by atoms with van der Waals surface area (Å²) in [6.07, 6.45) is 0. The largest absolute Gasteiger partial charge is 0.309 e. The molecular formula is C50H34N4. The van der Waals surface area contributed by atoms with Crippen LogP contribution < -0.4 is 0 Å². The fraction of sp³-hybridized carbons (Fsp3) is 0.0600. The second kappa shape index (κ2) is 11.5. The molecule has 1 aliphatic rings. The number of hydrogen-bond acceptors (Lipinski definition) is 3. The molecule has 254 valence electrons. The van der Waals surface area contributed by atoms with E-state index in [2.05, 4.69) is 152 Å². The lowest BCUT2D eigenvalue weighted by atomic mass is 9.81. The van der Waals surface area contributed by atoms with E-state index in [0.717, 1.165) is 27.8 Å². The second-order valence-electron chi connectivity index (χ2n) is 14.9. The maximum Gasteiger partial charge on any atom is 0.164 e. The number of para-hydroxylation sites is 1. The van der Waals surface area contributed by atoms with Crippen LogP contribution in [0.4, 0.5) is 0 Å². The summed E-state index contributed by atoms with van der Waals surface area (Å²) >= 11 is 0. The van der Waals surface area contributed by atoms with Crippen LogP contribution in [0.15, 0.2) is 170 Å².